The van der Waals surface area contributed by atoms with E-state index in [1.807, 2.05) is 0 Å². The molecule has 2 N–H and O–H groups in total. The van der Waals surface area contributed by atoms with Crippen molar-refractivity contribution in [1.29, 1.82) is 0 Å². The Morgan fingerprint density at radius 2 is 2.00 bits per heavy atom. The first-order valence-electron chi connectivity index (χ1n) is 6.31. The summed E-state index contributed by atoms with van der Waals surface area (Å²) in [5.41, 5.74) is 5.89. The average Bonchev–Trinajstić information content (AvgIpc) is 2.73. The van der Waals surface area contributed by atoms with Crippen molar-refractivity contribution in [3.05, 3.63) is 0 Å². The van der Waals surface area contributed by atoms with Gasteiger partial charge in [-0.25, -0.2) is 8.42 Å². The minimum absolute atomic E-state index is 0.0719. The fourth-order valence-corrected chi connectivity index (χ4v) is 3.99. The van der Waals surface area contributed by atoms with E-state index in [4.69, 9.17) is 10.5 Å². The Labute approximate surface area is 104 Å². The summed E-state index contributed by atoms with van der Waals surface area (Å²) in [5.74, 6) is 0.166. The van der Waals surface area contributed by atoms with Gasteiger partial charge in [0.25, 0.3) is 0 Å². The lowest BCUT2D eigenvalue weighted by atomic mass is 9.81. The van der Waals surface area contributed by atoms with Crippen molar-refractivity contribution in [2.75, 3.05) is 5.75 Å². The highest BCUT2D eigenvalue weighted by Gasteiger charge is 2.50. The number of rotatable bonds is 3. The van der Waals surface area contributed by atoms with Gasteiger partial charge in [0.05, 0.1) is 22.7 Å². The Morgan fingerprint density at radius 3 is 2.41 bits per heavy atom. The Bertz CT molecular complexity index is 398. The van der Waals surface area contributed by atoms with Crippen LogP contribution in [0.15, 0.2) is 0 Å². The lowest BCUT2D eigenvalue weighted by Crippen LogP contribution is -2.50. The van der Waals surface area contributed by atoms with E-state index in [-0.39, 0.29) is 18.0 Å². The Morgan fingerprint density at radius 1 is 1.35 bits per heavy atom. The van der Waals surface area contributed by atoms with Gasteiger partial charge in [0.2, 0.25) is 0 Å². The topological polar surface area (TPSA) is 69.4 Å². The van der Waals surface area contributed by atoms with Crippen LogP contribution in [-0.2, 0) is 14.6 Å². The zero-order valence-electron chi connectivity index (χ0n) is 10.9. The molecule has 0 amide bonds. The molecule has 100 valence electrons. The predicted octanol–water partition coefficient (Wildman–Crippen LogP) is 1.24. The Kier molecular flexibility index (Phi) is 3.08. The van der Waals surface area contributed by atoms with Crippen LogP contribution in [0.1, 0.15) is 46.5 Å². The molecule has 2 heterocycles. The molecule has 4 nitrogen and oxygen atoms in total. The van der Waals surface area contributed by atoms with Crippen molar-refractivity contribution in [3.8, 4) is 0 Å². The molecule has 0 saturated carbocycles. The van der Waals surface area contributed by atoms with Gasteiger partial charge in [0.1, 0.15) is 0 Å². The molecule has 0 spiro atoms. The Balaban J connectivity index is 2.00. The maximum absolute atomic E-state index is 12.1. The van der Waals surface area contributed by atoms with Gasteiger partial charge in [-0.2, -0.15) is 0 Å². The second-order valence-electron chi connectivity index (χ2n) is 6.44. The first-order valence-corrected chi connectivity index (χ1v) is 7.96. The van der Waals surface area contributed by atoms with Crippen molar-refractivity contribution >= 4 is 9.84 Å². The fraction of sp³-hybridized carbons (Fsp3) is 1.00. The summed E-state index contributed by atoms with van der Waals surface area (Å²) >= 11 is 0. The molecule has 0 aromatic heterocycles. The van der Waals surface area contributed by atoms with Gasteiger partial charge >= 0.3 is 0 Å². The first-order chi connectivity index (χ1) is 7.64. The van der Waals surface area contributed by atoms with Gasteiger partial charge in [0.15, 0.2) is 9.84 Å². The van der Waals surface area contributed by atoms with E-state index in [1.165, 1.54) is 0 Å². The number of sulfone groups is 1. The number of hydrogen-bond donors (Lipinski definition) is 1. The zero-order valence-corrected chi connectivity index (χ0v) is 11.7. The van der Waals surface area contributed by atoms with E-state index in [9.17, 15) is 8.42 Å². The van der Waals surface area contributed by atoms with Crippen LogP contribution < -0.4 is 5.73 Å². The zero-order chi connectivity index (χ0) is 12.9. The quantitative estimate of drug-likeness (QED) is 0.830. The lowest BCUT2D eigenvalue weighted by molar-refractivity contribution is 0.0850. The summed E-state index contributed by atoms with van der Waals surface area (Å²) in [4.78, 5) is 0. The molecule has 3 unspecified atom stereocenters. The van der Waals surface area contributed by atoms with Gasteiger partial charge in [-0.15, -0.1) is 0 Å². The smallest absolute Gasteiger partial charge is 0.155 e. The van der Waals surface area contributed by atoms with Crippen molar-refractivity contribution in [1.82, 2.24) is 0 Å². The summed E-state index contributed by atoms with van der Waals surface area (Å²) in [6, 6.07) is 0. The summed E-state index contributed by atoms with van der Waals surface area (Å²) in [5, 5.41) is 0. The molecule has 5 heteroatoms. The van der Waals surface area contributed by atoms with Crippen molar-refractivity contribution < 1.29 is 13.2 Å². The summed E-state index contributed by atoms with van der Waals surface area (Å²) in [6.45, 7) is 5.22. The van der Waals surface area contributed by atoms with E-state index < -0.39 is 20.1 Å². The van der Waals surface area contributed by atoms with Crippen LogP contribution in [0.2, 0.25) is 0 Å². The van der Waals surface area contributed by atoms with E-state index >= 15 is 0 Å². The van der Waals surface area contributed by atoms with Crippen molar-refractivity contribution in [2.45, 2.75) is 68.9 Å². The minimum atomic E-state index is -3.08. The van der Waals surface area contributed by atoms with Crippen LogP contribution in [0.4, 0.5) is 0 Å². The van der Waals surface area contributed by atoms with Crippen molar-refractivity contribution in [3.63, 3.8) is 0 Å². The highest BCUT2D eigenvalue weighted by Crippen LogP contribution is 2.42. The number of ether oxygens (including phenoxy) is 1. The molecule has 0 aliphatic carbocycles. The molecule has 3 atom stereocenters. The molecule has 2 bridgehead atoms. The minimum Gasteiger partial charge on any atom is -0.373 e. The average molecular weight is 261 g/mol. The maximum atomic E-state index is 12.1. The largest absolute Gasteiger partial charge is 0.373 e. The third-order valence-electron chi connectivity index (χ3n) is 4.13. The van der Waals surface area contributed by atoms with E-state index in [2.05, 4.69) is 0 Å². The van der Waals surface area contributed by atoms with Gasteiger partial charge in [-0.05, 0) is 46.5 Å². The van der Waals surface area contributed by atoms with E-state index in [0.29, 0.717) is 6.42 Å². The van der Waals surface area contributed by atoms with Crippen LogP contribution >= 0.6 is 0 Å². The summed E-state index contributed by atoms with van der Waals surface area (Å²) in [6.07, 6.45) is 3.74. The molecule has 2 aliphatic heterocycles. The van der Waals surface area contributed by atoms with Gasteiger partial charge in [0, 0.05) is 5.54 Å². The highest BCUT2D eigenvalue weighted by molar-refractivity contribution is 7.92. The second-order valence-corrected chi connectivity index (χ2v) is 9.31. The second kappa shape index (κ2) is 3.93. The summed E-state index contributed by atoms with van der Waals surface area (Å²) in [7, 11) is -3.08. The van der Waals surface area contributed by atoms with Crippen molar-refractivity contribution in [2.24, 2.45) is 5.73 Å². The summed E-state index contributed by atoms with van der Waals surface area (Å²) < 4.78 is 29.1. The van der Waals surface area contributed by atoms with Gasteiger partial charge < -0.3 is 10.5 Å². The molecule has 17 heavy (non-hydrogen) atoms. The number of hydrogen-bond acceptors (Lipinski definition) is 4. The third kappa shape index (κ3) is 2.37. The molecule has 2 fully saturated rings. The van der Waals surface area contributed by atoms with Crippen LogP contribution in [0.3, 0.4) is 0 Å². The normalized spacial score (nSPS) is 37.6. The number of fused-ring (bicyclic) bond motifs is 2. The van der Waals surface area contributed by atoms with Gasteiger partial charge in [-0.1, -0.05) is 0 Å². The molecule has 2 rings (SSSR count). The molecule has 0 radical (unpaired) electrons. The predicted molar refractivity (Wildman–Crippen MR) is 67.6 cm³/mol. The monoisotopic (exact) mass is 261 g/mol. The van der Waals surface area contributed by atoms with Crippen LogP contribution in [0, 0.1) is 0 Å². The highest BCUT2D eigenvalue weighted by atomic mass is 32.2. The van der Waals surface area contributed by atoms with Crippen LogP contribution in [0.5, 0.6) is 0 Å². The lowest BCUT2D eigenvalue weighted by Gasteiger charge is -2.32. The standard InChI is InChI=1S/C12H23NO3S/c1-11(2,3)17(14,15)7-6-12(13)8-9-4-5-10(12)16-9/h9-10H,4-8,13H2,1-3H3. The number of nitrogens with two attached hydrogens (primary N) is 1. The van der Waals surface area contributed by atoms with Gasteiger partial charge in [-0.3, -0.25) is 0 Å². The molecule has 0 aromatic rings. The molecule has 0 aromatic carbocycles. The van der Waals surface area contributed by atoms with Crippen LogP contribution in [0.25, 0.3) is 0 Å². The maximum Gasteiger partial charge on any atom is 0.155 e. The Hall–Kier alpha value is -0.130. The van der Waals surface area contributed by atoms with Crippen LogP contribution in [-0.4, -0.2) is 36.7 Å². The molecular weight excluding hydrogens is 238 g/mol. The molecule has 2 aliphatic rings. The fourth-order valence-electron chi connectivity index (χ4n) is 2.73. The SMILES string of the molecule is CC(C)(C)S(=O)(=O)CCC1(N)CC2CCC1O2. The molecular formula is C12H23NO3S. The molecule has 2 saturated heterocycles. The van der Waals surface area contributed by atoms with E-state index in [0.717, 1.165) is 19.3 Å². The third-order valence-corrected chi connectivity index (χ3v) is 6.73. The van der Waals surface area contributed by atoms with E-state index in [1.54, 1.807) is 20.8 Å². The first kappa shape index (κ1) is 13.3.